The van der Waals surface area contributed by atoms with Crippen molar-refractivity contribution in [3.63, 3.8) is 0 Å². The second-order valence-electron chi connectivity index (χ2n) is 1.88. The molecule has 0 aromatic carbocycles. The first-order chi connectivity index (χ1) is 4.97. The first-order valence-corrected chi connectivity index (χ1v) is 2.95. The molecule has 3 heteroatoms. The van der Waals surface area contributed by atoms with Gasteiger partial charge in [-0.1, -0.05) is 5.73 Å². The van der Waals surface area contributed by atoms with Crippen molar-refractivity contribution in [3.05, 3.63) is 30.4 Å². The summed E-state index contributed by atoms with van der Waals surface area (Å²) < 4.78 is 0. The van der Waals surface area contributed by atoms with Crippen LogP contribution in [0.3, 0.4) is 0 Å². The van der Waals surface area contributed by atoms with Crippen molar-refractivity contribution >= 4 is 12.2 Å². The van der Waals surface area contributed by atoms with Crippen LogP contribution in [0.5, 0.6) is 0 Å². The molecule has 0 atom stereocenters. The molecular formula is C7H5N3. The van der Waals surface area contributed by atoms with Crippen LogP contribution >= 0.6 is 0 Å². The van der Waals surface area contributed by atoms with Crippen molar-refractivity contribution in [1.29, 1.82) is 0 Å². The van der Waals surface area contributed by atoms with Gasteiger partial charge in [-0.15, -0.1) is 0 Å². The van der Waals surface area contributed by atoms with E-state index in [1.54, 1.807) is 23.5 Å². The maximum absolute atomic E-state index is 4.01. The summed E-state index contributed by atoms with van der Waals surface area (Å²) in [6.07, 6.45) is 8.83. The van der Waals surface area contributed by atoms with E-state index in [2.05, 4.69) is 15.7 Å². The first kappa shape index (κ1) is 5.21. The standard InChI is InChI=1S/C7H5N3/c1-3-8-7-9-4-2-6-10(7)5-1/h1,3-6H. The Bertz CT molecular complexity index is 290. The smallest absolute Gasteiger partial charge is 0.234 e. The zero-order valence-electron chi connectivity index (χ0n) is 5.23. The Hall–Kier alpha value is -1.60. The Labute approximate surface area is 58.4 Å². The maximum atomic E-state index is 4.01. The number of allylic oxidation sites excluding steroid dienone is 1. The number of guanidine groups is 1. The van der Waals surface area contributed by atoms with E-state index in [9.17, 15) is 0 Å². The molecule has 0 aromatic heterocycles. The van der Waals surface area contributed by atoms with Gasteiger partial charge in [-0.25, -0.2) is 9.98 Å². The van der Waals surface area contributed by atoms with E-state index >= 15 is 0 Å². The van der Waals surface area contributed by atoms with Gasteiger partial charge in [-0.05, 0) is 6.08 Å². The molecule has 0 unspecified atom stereocenters. The van der Waals surface area contributed by atoms with Crippen molar-refractivity contribution in [2.45, 2.75) is 0 Å². The lowest BCUT2D eigenvalue weighted by Gasteiger charge is -2.15. The minimum atomic E-state index is 0.696. The molecule has 2 aliphatic rings. The van der Waals surface area contributed by atoms with Crippen molar-refractivity contribution in [3.8, 4) is 0 Å². The summed E-state index contributed by atoms with van der Waals surface area (Å²) in [6, 6.07) is 0. The molecule has 3 nitrogen and oxygen atoms in total. The predicted molar refractivity (Wildman–Crippen MR) is 39.6 cm³/mol. The molecule has 0 aliphatic carbocycles. The fraction of sp³-hybridized carbons (Fsp3) is 0. The number of nitrogens with zero attached hydrogens (tertiary/aromatic N) is 3. The molecular weight excluding hydrogens is 126 g/mol. The third-order valence-corrected chi connectivity index (χ3v) is 1.22. The largest absolute Gasteiger partial charge is 0.285 e. The SMILES string of the molecule is C1=CN=C2N=CC=CN2C=1. The molecule has 0 N–H and O–H groups in total. The van der Waals surface area contributed by atoms with Gasteiger partial charge in [0.15, 0.2) is 0 Å². The van der Waals surface area contributed by atoms with Crippen LogP contribution in [0.1, 0.15) is 0 Å². The molecule has 2 aliphatic heterocycles. The number of hydrogen-bond acceptors (Lipinski definition) is 3. The van der Waals surface area contributed by atoms with Crippen LogP contribution in [0.25, 0.3) is 0 Å². The predicted octanol–water partition coefficient (Wildman–Crippen LogP) is 0.882. The number of rotatable bonds is 0. The van der Waals surface area contributed by atoms with E-state index in [1.165, 1.54) is 0 Å². The van der Waals surface area contributed by atoms with Crippen LogP contribution in [0, 0.1) is 0 Å². The van der Waals surface area contributed by atoms with Gasteiger partial charge in [0.1, 0.15) is 0 Å². The van der Waals surface area contributed by atoms with E-state index in [-0.39, 0.29) is 0 Å². The highest BCUT2D eigenvalue weighted by molar-refractivity contribution is 5.95. The fourth-order valence-corrected chi connectivity index (χ4v) is 0.784. The lowest BCUT2D eigenvalue weighted by atomic mass is 10.5. The summed E-state index contributed by atoms with van der Waals surface area (Å²) in [4.78, 5) is 9.80. The van der Waals surface area contributed by atoms with Crippen LogP contribution in [-0.4, -0.2) is 17.1 Å². The molecule has 48 valence electrons. The van der Waals surface area contributed by atoms with Gasteiger partial charge < -0.3 is 0 Å². The summed E-state index contributed by atoms with van der Waals surface area (Å²) in [7, 11) is 0. The molecule has 0 spiro atoms. The fourth-order valence-electron chi connectivity index (χ4n) is 0.784. The number of aliphatic imine (C=N–C) groups is 2. The van der Waals surface area contributed by atoms with Crippen LogP contribution < -0.4 is 0 Å². The summed E-state index contributed by atoms with van der Waals surface area (Å²) >= 11 is 0. The molecule has 0 aromatic rings. The molecule has 2 heterocycles. The van der Waals surface area contributed by atoms with Gasteiger partial charge in [0.25, 0.3) is 0 Å². The zero-order chi connectivity index (χ0) is 6.81. The molecule has 0 saturated heterocycles. The van der Waals surface area contributed by atoms with E-state index in [0.29, 0.717) is 5.96 Å². The average molecular weight is 131 g/mol. The van der Waals surface area contributed by atoms with E-state index < -0.39 is 0 Å². The quantitative estimate of drug-likeness (QED) is 0.448. The molecule has 0 radical (unpaired) electrons. The zero-order valence-corrected chi connectivity index (χ0v) is 5.23. The lowest BCUT2D eigenvalue weighted by Crippen LogP contribution is -2.20. The Morgan fingerprint density at radius 2 is 2.50 bits per heavy atom. The topological polar surface area (TPSA) is 28.0 Å². The average Bonchev–Trinajstić information content (AvgIpc) is 2.05. The molecule has 10 heavy (non-hydrogen) atoms. The minimum Gasteiger partial charge on any atom is -0.285 e. The molecule has 0 fully saturated rings. The van der Waals surface area contributed by atoms with Crippen molar-refractivity contribution in [2.75, 3.05) is 0 Å². The van der Waals surface area contributed by atoms with Crippen molar-refractivity contribution < 1.29 is 0 Å². The Morgan fingerprint density at radius 3 is 3.40 bits per heavy atom. The van der Waals surface area contributed by atoms with Crippen molar-refractivity contribution in [1.82, 2.24) is 4.90 Å². The van der Waals surface area contributed by atoms with Crippen LogP contribution in [-0.2, 0) is 0 Å². The third-order valence-electron chi connectivity index (χ3n) is 1.22. The molecule has 2 rings (SSSR count). The second kappa shape index (κ2) is 1.97. The highest BCUT2D eigenvalue weighted by Gasteiger charge is 2.06. The third kappa shape index (κ3) is 0.694. The summed E-state index contributed by atoms with van der Waals surface area (Å²) in [5, 5.41) is 0. The van der Waals surface area contributed by atoms with Crippen molar-refractivity contribution in [2.24, 2.45) is 9.98 Å². The van der Waals surface area contributed by atoms with E-state index in [4.69, 9.17) is 0 Å². The second-order valence-corrected chi connectivity index (χ2v) is 1.88. The Balaban J connectivity index is 2.45. The Morgan fingerprint density at radius 1 is 1.50 bits per heavy atom. The molecule has 0 amide bonds. The first-order valence-electron chi connectivity index (χ1n) is 2.95. The van der Waals surface area contributed by atoms with Crippen LogP contribution in [0.4, 0.5) is 0 Å². The maximum Gasteiger partial charge on any atom is 0.234 e. The van der Waals surface area contributed by atoms with Gasteiger partial charge in [0.2, 0.25) is 5.96 Å². The van der Waals surface area contributed by atoms with Crippen LogP contribution in [0.2, 0.25) is 0 Å². The number of hydrogen-bond donors (Lipinski definition) is 0. The van der Waals surface area contributed by atoms with Crippen LogP contribution in [0.15, 0.2) is 40.4 Å². The highest BCUT2D eigenvalue weighted by Crippen LogP contribution is 2.03. The molecule has 0 bridgehead atoms. The summed E-state index contributed by atoms with van der Waals surface area (Å²) in [5.74, 6) is 0.696. The van der Waals surface area contributed by atoms with Gasteiger partial charge in [0, 0.05) is 12.4 Å². The van der Waals surface area contributed by atoms with Gasteiger partial charge >= 0.3 is 0 Å². The van der Waals surface area contributed by atoms with Gasteiger partial charge in [0.05, 0.1) is 12.4 Å². The summed E-state index contributed by atoms with van der Waals surface area (Å²) in [5.41, 5.74) is 2.85. The van der Waals surface area contributed by atoms with Gasteiger partial charge in [-0.3, -0.25) is 4.90 Å². The minimum absolute atomic E-state index is 0.696. The number of fused-ring (bicyclic) bond motifs is 1. The Kier molecular flexibility index (Phi) is 1.03. The normalized spacial score (nSPS) is 19.2. The van der Waals surface area contributed by atoms with E-state index in [0.717, 1.165) is 0 Å². The lowest BCUT2D eigenvalue weighted by molar-refractivity contribution is 0.739. The highest BCUT2D eigenvalue weighted by atomic mass is 15.3. The van der Waals surface area contributed by atoms with Gasteiger partial charge in [-0.2, -0.15) is 0 Å². The monoisotopic (exact) mass is 131 g/mol. The summed E-state index contributed by atoms with van der Waals surface area (Å²) in [6.45, 7) is 0. The molecule has 0 saturated carbocycles. The van der Waals surface area contributed by atoms with E-state index in [1.807, 2.05) is 12.3 Å².